The van der Waals surface area contributed by atoms with Crippen molar-refractivity contribution in [3.05, 3.63) is 23.2 Å². The topological polar surface area (TPSA) is 76.3 Å². The maximum absolute atomic E-state index is 10.8. The summed E-state index contributed by atoms with van der Waals surface area (Å²) in [6.07, 6.45) is 2.29. The highest BCUT2D eigenvalue weighted by molar-refractivity contribution is 14.0. The number of aliphatic hydroxyl groups is 1. The highest BCUT2D eigenvalue weighted by Gasteiger charge is 2.27. The summed E-state index contributed by atoms with van der Waals surface area (Å²) < 4.78 is 5.56. The minimum atomic E-state index is -1.05. The number of unbranched alkanes of at least 4 members (excludes halogenated alkanes) is 1. The molecule has 0 amide bonds. The molecule has 1 saturated heterocycles. The smallest absolute Gasteiger partial charge is 0.191 e. The van der Waals surface area contributed by atoms with Crippen molar-refractivity contribution >= 4 is 29.9 Å². The van der Waals surface area contributed by atoms with Gasteiger partial charge in [-0.15, -0.1) is 24.0 Å². The van der Waals surface area contributed by atoms with Gasteiger partial charge < -0.3 is 30.0 Å². The van der Waals surface area contributed by atoms with E-state index in [-0.39, 0.29) is 30.5 Å². The summed E-state index contributed by atoms with van der Waals surface area (Å²) in [7, 11) is 2.19. The standard InChI is InChI=1S/C21H39N5O2.HI/c1-6-22-20(23-9-7-8-10-26-13-11-25(5)12-14-26)24-16-21(4,27)19-15-17(2)28-18(19)3;/h15,27H,6-14,16H2,1-5H3,(H2,22,23,24);1H. The fraction of sp³-hybridized carbons (Fsp3) is 0.762. The lowest BCUT2D eigenvalue weighted by Gasteiger charge is -2.32. The number of likely N-dealkylation sites (N-methyl/N-ethyl adjacent to an activating group) is 1. The third-order valence-electron chi connectivity index (χ3n) is 5.30. The highest BCUT2D eigenvalue weighted by atomic mass is 127. The van der Waals surface area contributed by atoms with Crippen molar-refractivity contribution in [2.24, 2.45) is 4.99 Å². The van der Waals surface area contributed by atoms with Crippen LogP contribution in [0.4, 0.5) is 0 Å². The van der Waals surface area contributed by atoms with E-state index in [1.165, 1.54) is 32.6 Å². The van der Waals surface area contributed by atoms with Crippen molar-refractivity contribution in [2.75, 3.05) is 59.4 Å². The van der Waals surface area contributed by atoms with Gasteiger partial charge in [0.1, 0.15) is 17.1 Å². The molecule has 0 bridgehead atoms. The van der Waals surface area contributed by atoms with E-state index in [0.717, 1.165) is 49.1 Å². The van der Waals surface area contributed by atoms with Crippen LogP contribution in [0, 0.1) is 13.8 Å². The number of guanidine groups is 1. The summed E-state index contributed by atoms with van der Waals surface area (Å²) in [5.74, 6) is 2.31. The molecule has 7 nitrogen and oxygen atoms in total. The van der Waals surface area contributed by atoms with Gasteiger partial charge in [-0.05, 0) is 60.2 Å². The molecule has 168 valence electrons. The molecule has 2 rings (SSSR count). The number of halogens is 1. The zero-order chi connectivity index (χ0) is 20.6. The number of hydrogen-bond donors (Lipinski definition) is 3. The Bertz CT molecular complexity index is 625. The summed E-state index contributed by atoms with van der Waals surface area (Å²) in [4.78, 5) is 9.53. The van der Waals surface area contributed by atoms with E-state index in [0.29, 0.717) is 0 Å². The van der Waals surface area contributed by atoms with Crippen LogP contribution < -0.4 is 10.6 Å². The molecule has 3 N–H and O–H groups in total. The molecule has 2 heterocycles. The Morgan fingerprint density at radius 1 is 1.21 bits per heavy atom. The van der Waals surface area contributed by atoms with Crippen LogP contribution in [0.2, 0.25) is 0 Å². The molecule has 1 unspecified atom stereocenters. The fourth-order valence-electron chi connectivity index (χ4n) is 3.56. The number of nitrogens with one attached hydrogen (secondary N) is 2. The minimum Gasteiger partial charge on any atom is -0.466 e. The van der Waals surface area contributed by atoms with Crippen LogP contribution in [0.25, 0.3) is 0 Å². The van der Waals surface area contributed by atoms with Crippen LogP contribution in [0.1, 0.15) is 43.8 Å². The number of rotatable bonds is 9. The van der Waals surface area contributed by atoms with Crippen molar-refractivity contribution in [3.63, 3.8) is 0 Å². The van der Waals surface area contributed by atoms with Crippen molar-refractivity contribution in [2.45, 2.75) is 46.1 Å². The molecular formula is C21H40IN5O2. The monoisotopic (exact) mass is 521 g/mol. The van der Waals surface area contributed by atoms with E-state index in [2.05, 4.69) is 32.5 Å². The Morgan fingerprint density at radius 3 is 2.48 bits per heavy atom. The molecule has 0 saturated carbocycles. The summed E-state index contributed by atoms with van der Waals surface area (Å²) in [6, 6.07) is 1.89. The van der Waals surface area contributed by atoms with Gasteiger partial charge in [0, 0.05) is 44.8 Å². The first kappa shape index (κ1) is 26.2. The van der Waals surface area contributed by atoms with Crippen LogP contribution in [-0.4, -0.2) is 80.3 Å². The Labute approximate surface area is 193 Å². The molecule has 8 heteroatoms. The number of furan rings is 1. The van der Waals surface area contributed by atoms with Crippen LogP contribution in [0.3, 0.4) is 0 Å². The largest absolute Gasteiger partial charge is 0.466 e. The second kappa shape index (κ2) is 12.8. The third kappa shape index (κ3) is 8.82. The lowest BCUT2D eigenvalue weighted by atomic mass is 9.96. The Balaban J connectivity index is 0.00000420. The first-order valence-corrected chi connectivity index (χ1v) is 10.5. The number of aryl methyl sites for hydroxylation is 2. The molecule has 0 aliphatic carbocycles. The predicted octanol–water partition coefficient (Wildman–Crippen LogP) is 2.30. The summed E-state index contributed by atoms with van der Waals surface area (Å²) in [5.41, 5.74) is -0.247. The Morgan fingerprint density at radius 2 is 1.90 bits per heavy atom. The van der Waals surface area contributed by atoms with Crippen LogP contribution in [0.15, 0.2) is 15.5 Å². The third-order valence-corrected chi connectivity index (χ3v) is 5.30. The number of hydrogen-bond acceptors (Lipinski definition) is 5. The number of aliphatic imine (C=N–C) groups is 1. The first-order chi connectivity index (χ1) is 13.3. The Hall–Kier alpha value is -0.840. The van der Waals surface area contributed by atoms with Gasteiger partial charge in [-0.3, -0.25) is 0 Å². The molecule has 1 aromatic heterocycles. The predicted molar refractivity (Wildman–Crippen MR) is 130 cm³/mol. The van der Waals surface area contributed by atoms with Crippen molar-refractivity contribution in [1.29, 1.82) is 0 Å². The molecule has 29 heavy (non-hydrogen) atoms. The van der Waals surface area contributed by atoms with E-state index in [4.69, 9.17) is 4.42 Å². The molecular weight excluding hydrogens is 481 g/mol. The molecule has 1 fully saturated rings. The van der Waals surface area contributed by atoms with E-state index >= 15 is 0 Å². The summed E-state index contributed by atoms with van der Waals surface area (Å²) in [5, 5.41) is 17.5. The van der Waals surface area contributed by atoms with Crippen LogP contribution in [-0.2, 0) is 5.60 Å². The van der Waals surface area contributed by atoms with Gasteiger partial charge in [0.05, 0.1) is 6.54 Å². The fourth-order valence-corrected chi connectivity index (χ4v) is 3.56. The molecule has 1 aromatic rings. The van der Waals surface area contributed by atoms with Crippen LogP contribution in [0.5, 0.6) is 0 Å². The van der Waals surface area contributed by atoms with Crippen molar-refractivity contribution < 1.29 is 9.52 Å². The lowest BCUT2D eigenvalue weighted by Crippen LogP contribution is -2.44. The normalized spacial score (nSPS) is 18.2. The van der Waals surface area contributed by atoms with Crippen molar-refractivity contribution in [3.8, 4) is 0 Å². The molecule has 0 spiro atoms. The zero-order valence-corrected chi connectivity index (χ0v) is 21.1. The SMILES string of the molecule is CCNC(=NCC(C)(O)c1cc(C)oc1C)NCCCCN1CCN(C)CC1.I. The van der Waals surface area contributed by atoms with Gasteiger partial charge in [0.15, 0.2) is 5.96 Å². The average molecular weight is 521 g/mol. The molecule has 1 atom stereocenters. The quantitative estimate of drug-likeness (QED) is 0.201. The van der Waals surface area contributed by atoms with E-state index in [1.54, 1.807) is 6.92 Å². The van der Waals surface area contributed by atoms with Crippen molar-refractivity contribution in [1.82, 2.24) is 20.4 Å². The van der Waals surface area contributed by atoms with Crippen LogP contribution >= 0.6 is 24.0 Å². The van der Waals surface area contributed by atoms with Gasteiger partial charge >= 0.3 is 0 Å². The first-order valence-electron chi connectivity index (χ1n) is 10.5. The summed E-state index contributed by atoms with van der Waals surface area (Å²) in [6.45, 7) is 15.4. The van der Waals surface area contributed by atoms with E-state index < -0.39 is 5.60 Å². The highest BCUT2D eigenvalue weighted by Crippen LogP contribution is 2.27. The molecule has 1 aliphatic heterocycles. The molecule has 0 aromatic carbocycles. The van der Waals surface area contributed by atoms with Gasteiger partial charge in [-0.2, -0.15) is 0 Å². The van der Waals surface area contributed by atoms with Gasteiger partial charge in [0.2, 0.25) is 0 Å². The second-order valence-corrected chi connectivity index (χ2v) is 8.07. The second-order valence-electron chi connectivity index (χ2n) is 8.07. The van der Waals surface area contributed by atoms with Gasteiger partial charge in [-0.25, -0.2) is 4.99 Å². The number of nitrogens with zero attached hydrogens (tertiary/aromatic N) is 3. The average Bonchev–Trinajstić information content (AvgIpc) is 3.00. The maximum Gasteiger partial charge on any atom is 0.191 e. The summed E-state index contributed by atoms with van der Waals surface area (Å²) >= 11 is 0. The minimum absolute atomic E-state index is 0. The maximum atomic E-state index is 10.8. The van der Waals surface area contributed by atoms with E-state index in [1.807, 2.05) is 26.8 Å². The van der Waals surface area contributed by atoms with Gasteiger partial charge in [-0.1, -0.05) is 0 Å². The zero-order valence-electron chi connectivity index (χ0n) is 18.8. The van der Waals surface area contributed by atoms with E-state index in [9.17, 15) is 5.11 Å². The Kier molecular flexibility index (Phi) is 11.5. The lowest BCUT2D eigenvalue weighted by molar-refractivity contribution is 0.0657. The number of piperazine rings is 1. The molecule has 0 radical (unpaired) electrons. The van der Waals surface area contributed by atoms with Gasteiger partial charge in [0.25, 0.3) is 0 Å². The molecule has 1 aliphatic rings.